The van der Waals surface area contributed by atoms with E-state index < -0.39 is 0 Å². The number of nitrogens with zero attached hydrogens (tertiary/aromatic N) is 4. The molecule has 2 rings (SSSR count). The zero-order chi connectivity index (χ0) is 14.5. The van der Waals surface area contributed by atoms with Gasteiger partial charge in [0, 0.05) is 37.7 Å². The van der Waals surface area contributed by atoms with Crippen LogP contribution in [0.15, 0.2) is 0 Å². The molecule has 0 aromatic rings. The maximum atomic E-state index is 5.39. The van der Waals surface area contributed by atoms with Crippen LogP contribution in [0, 0.1) is 0 Å². The number of hydrogen-bond acceptors (Lipinski definition) is 6. The van der Waals surface area contributed by atoms with Crippen LogP contribution >= 0.6 is 61.5 Å². The Hall–Kier alpha value is 0.710. The second kappa shape index (κ2) is 8.37. The van der Waals surface area contributed by atoms with E-state index in [1.807, 2.05) is 22.0 Å². The molecule has 0 N–H and O–H groups in total. The molecule has 0 atom stereocenters. The first-order chi connectivity index (χ1) is 9.61. The second-order valence-corrected chi connectivity index (χ2v) is 7.73. The van der Waals surface area contributed by atoms with Gasteiger partial charge in [-0.1, -0.05) is 0 Å². The second-order valence-electron chi connectivity index (χ2n) is 4.28. The Morgan fingerprint density at radius 1 is 0.900 bits per heavy atom. The van der Waals surface area contributed by atoms with Crippen molar-refractivity contribution in [2.75, 3.05) is 50.9 Å². The topological polar surface area (TPSA) is 22.2 Å². The molecule has 0 amide bonds. The van der Waals surface area contributed by atoms with E-state index in [0.29, 0.717) is 21.9 Å². The van der Waals surface area contributed by atoms with Gasteiger partial charge in [-0.25, -0.2) is 0 Å². The van der Waals surface area contributed by atoms with Crippen LogP contribution in [-0.2, 0) is 4.74 Å². The van der Waals surface area contributed by atoms with Gasteiger partial charge in [-0.3, -0.25) is 0 Å². The Bertz CT molecular complexity index is 326. The van der Waals surface area contributed by atoms with Crippen molar-refractivity contribution in [2.45, 2.75) is 0 Å². The van der Waals surface area contributed by atoms with Crippen LogP contribution in [0.4, 0.5) is 0 Å². The molecule has 0 aromatic carbocycles. The van der Waals surface area contributed by atoms with Gasteiger partial charge in [-0.15, -0.1) is 25.3 Å². The highest BCUT2D eigenvalue weighted by molar-refractivity contribution is 8.11. The first-order valence-electron chi connectivity index (χ1n) is 6.32. The van der Waals surface area contributed by atoms with E-state index >= 15 is 0 Å². The molecule has 2 aliphatic heterocycles. The average Bonchev–Trinajstić information content (AvgIpc) is 2.45. The van der Waals surface area contributed by atoms with Crippen molar-refractivity contribution in [1.82, 2.24) is 20.3 Å². The van der Waals surface area contributed by atoms with E-state index in [-0.39, 0.29) is 0 Å². The van der Waals surface area contributed by atoms with Crippen LogP contribution in [-0.4, -0.2) is 79.8 Å². The highest BCUT2D eigenvalue weighted by Gasteiger charge is 2.31. The minimum atomic E-state index is 0.460. The number of rotatable bonds is 2. The van der Waals surface area contributed by atoms with Gasteiger partial charge >= 0.3 is 0 Å². The smallest absolute Gasteiger partial charge is 0.171 e. The summed E-state index contributed by atoms with van der Waals surface area (Å²) in [4.78, 5) is 0. The summed E-state index contributed by atoms with van der Waals surface area (Å²) in [5.74, 6) is 2.15. The lowest BCUT2D eigenvalue weighted by Gasteiger charge is -2.48. The molecule has 0 aliphatic carbocycles. The number of hydrogen-bond donors (Lipinski definition) is 2. The summed E-state index contributed by atoms with van der Waals surface area (Å²) in [5.41, 5.74) is 0. The first-order valence-corrected chi connectivity index (χ1v) is 9.19. The Morgan fingerprint density at radius 3 is 1.80 bits per heavy atom. The summed E-state index contributed by atoms with van der Waals surface area (Å²) in [7, 11) is 0. The molecular formula is C10H18N4OS5. The molecule has 10 heteroatoms. The molecule has 2 heterocycles. The standard InChI is InChI=1S/C10H18N4OS5/c16-9(17)13(11-1-5-15-6-2-11)14(10(18)19)12-3-7-20-8-4-12/h1-8H2,(H,16,17)(H,18,19). The summed E-state index contributed by atoms with van der Waals surface area (Å²) in [6.07, 6.45) is 0. The summed E-state index contributed by atoms with van der Waals surface area (Å²) in [6.45, 7) is 4.71. The Balaban J connectivity index is 2.17. The molecule has 0 bridgehead atoms. The highest BCUT2D eigenvalue weighted by atomic mass is 32.2. The number of hydrazine groups is 3. The van der Waals surface area contributed by atoms with Gasteiger partial charge in [-0.2, -0.15) is 32.0 Å². The molecule has 0 spiro atoms. The molecule has 2 aliphatic rings. The quantitative estimate of drug-likeness (QED) is 0.424. The fourth-order valence-electron chi connectivity index (χ4n) is 2.13. The minimum Gasteiger partial charge on any atom is -0.379 e. The molecule has 114 valence electrons. The predicted molar refractivity (Wildman–Crippen MR) is 98.1 cm³/mol. The maximum absolute atomic E-state index is 5.39. The van der Waals surface area contributed by atoms with Gasteiger partial charge in [-0.05, 0) is 24.4 Å². The highest BCUT2D eigenvalue weighted by Crippen LogP contribution is 2.19. The summed E-state index contributed by atoms with van der Waals surface area (Å²) in [6, 6.07) is 0. The summed E-state index contributed by atoms with van der Waals surface area (Å²) in [5, 5.41) is 7.97. The molecule has 2 saturated heterocycles. The van der Waals surface area contributed by atoms with Gasteiger partial charge in [0.15, 0.2) is 8.64 Å². The maximum Gasteiger partial charge on any atom is 0.171 e. The van der Waals surface area contributed by atoms with E-state index in [1.54, 1.807) is 0 Å². The van der Waals surface area contributed by atoms with E-state index in [0.717, 1.165) is 37.7 Å². The molecule has 20 heavy (non-hydrogen) atoms. The number of morpholine rings is 1. The van der Waals surface area contributed by atoms with Gasteiger partial charge in [0.25, 0.3) is 0 Å². The zero-order valence-corrected chi connectivity index (χ0v) is 15.2. The summed E-state index contributed by atoms with van der Waals surface area (Å²) >= 11 is 21.3. The van der Waals surface area contributed by atoms with Crippen molar-refractivity contribution in [3.8, 4) is 0 Å². The number of ether oxygens (including phenoxy) is 1. The minimum absolute atomic E-state index is 0.460. The van der Waals surface area contributed by atoms with Gasteiger partial charge in [0.1, 0.15) is 0 Å². The number of thiol groups is 2. The van der Waals surface area contributed by atoms with Crippen LogP contribution in [0.5, 0.6) is 0 Å². The van der Waals surface area contributed by atoms with Crippen LogP contribution in [0.1, 0.15) is 0 Å². The molecule has 0 radical (unpaired) electrons. The van der Waals surface area contributed by atoms with Crippen molar-refractivity contribution in [3.63, 3.8) is 0 Å². The van der Waals surface area contributed by atoms with E-state index in [1.165, 1.54) is 0 Å². The molecule has 5 nitrogen and oxygen atoms in total. The average molecular weight is 371 g/mol. The third-order valence-corrected chi connectivity index (χ3v) is 4.66. The third-order valence-electron chi connectivity index (χ3n) is 3.03. The Morgan fingerprint density at radius 2 is 1.35 bits per heavy atom. The Kier molecular flexibility index (Phi) is 7.14. The predicted octanol–water partition coefficient (Wildman–Crippen LogP) is 1.15. The molecule has 2 fully saturated rings. The van der Waals surface area contributed by atoms with Crippen LogP contribution in [0.25, 0.3) is 0 Å². The monoisotopic (exact) mass is 370 g/mol. The Labute approximate surface area is 145 Å². The SMILES string of the molecule is S=C(S)N(N1CCOCC1)N(C(=S)S)N1CCSCC1. The number of thioether (sulfide) groups is 1. The fraction of sp³-hybridized carbons (Fsp3) is 0.800. The summed E-state index contributed by atoms with van der Waals surface area (Å²) < 4.78 is 6.32. The lowest BCUT2D eigenvalue weighted by molar-refractivity contribution is -0.196. The first kappa shape index (κ1) is 17.1. The molecular weight excluding hydrogens is 352 g/mol. The van der Waals surface area contributed by atoms with Crippen LogP contribution in [0.3, 0.4) is 0 Å². The molecule has 0 unspecified atom stereocenters. The van der Waals surface area contributed by atoms with Gasteiger partial charge in [0.05, 0.1) is 13.2 Å². The van der Waals surface area contributed by atoms with Crippen molar-refractivity contribution < 1.29 is 4.74 Å². The fourth-order valence-corrected chi connectivity index (χ4v) is 3.82. The van der Waals surface area contributed by atoms with Crippen LogP contribution in [0.2, 0.25) is 0 Å². The van der Waals surface area contributed by atoms with Gasteiger partial charge < -0.3 is 4.74 Å². The largest absolute Gasteiger partial charge is 0.379 e. The van der Waals surface area contributed by atoms with Crippen LogP contribution < -0.4 is 0 Å². The lowest BCUT2D eigenvalue weighted by atomic mass is 10.5. The van der Waals surface area contributed by atoms with Gasteiger partial charge in [0.2, 0.25) is 0 Å². The van der Waals surface area contributed by atoms with Crippen molar-refractivity contribution in [2.24, 2.45) is 0 Å². The van der Waals surface area contributed by atoms with Crippen molar-refractivity contribution in [1.29, 1.82) is 0 Å². The zero-order valence-electron chi connectivity index (χ0n) is 11.0. The third kappa shape index (κ3) is 4.35. The van der Waals surface area contributed by atoms with E-state index in [2.05, 4.69) is 35.3 Å². The van der Waals surface area contributed by atoms with Crippen molar-refractivity contribution >= 4 is 70.1 Å². The van der Waals surface area contributed by atoms with E-state index in [4.69, 9.17) is 29.2 Å². The van der Waals surface area contributed by atoms with Crippen molar-refractivity contribution in [3.05, 3.63) is 0 Å². The van der Waals surface area contributed by atoms with E-state index in [9.17, 15) is 0 Å². The number of thiocarbonyl (C=S) groups is 2. The molecule has 0 saturated carbocycles. The normalized spacial score (nSPS) is 21.5. The molecule has 0 aromatic heterocycles. The lowest BCUT2D eigenvalue weighted by Crippen LogP contribution is -2.64.